The van der Waals surface area contributed by atoms with E-state index in [-0.39, 0.29) is 6.61 Å². The zero-order valence-electron chi connectivity index (χ0n) is 8.60. The Balaban J connectivity index is 2.58. The van der Waals surface area contributed by atoms with Gasteiger partial charge in [0.1, 0.15) is 12.4 Å². The molecule has 0 heterocycles. The van der Waals surface area contributed by atoms with Crippen molar-refractivity contribution in [1.29, 1.82) is 0 Å². The molecule has 0 aromatic heterocycles. The number of rotatable bonds is 6. The summed E-state index contributed by atoms with van der Waals surface area (Å²) in [7, 11) is 0. The third-order valence-corrected chi connectivity index (χ3v) is 2.04. The lowest BCUT2D eigenvalue weighted by Crippen LogP contribution is -2.00. The van der Waals surface area contributed by atoms with E-state index in [4.69, 9.17) is 9.84 Å². The molecule has 1 aromatic carbocycles. The fourth-order valence-electron chi connectivity index (χ4n) is 1.23. The molecule has 82 valence electrons. The number of aliphatic hydroxyl groups is 2. The Hall–Kier alpha value is -1.32. The second kappa shape index (κ2) is 6.22. The average molecular weight is 208 g/mol. The fourth-order valence-corrected chi connectivity index (χ4v) is 1.23. The minimum atomic E-state index is -0.608. The Morgan fingerprint density at radius 1 is 1.33 bits per heavy atom. The van der Waals surface area contributed by atoms with E-state index in [1.165, 1.54) is 0 Å². The summed E-state index contributed by atoms with van der Waals surface area (Å²) >= 11 is 0. The van der Waals surface area contributed by atoms with E-state index in [9.17, 15) is 5.11 Å². The number of ether oxygens (including phenoxy) is 1. The van der Waals surface area contributed by atoms with Gasteiger partial charge in [-0.1, -0.05) is 24.8 Å². The summed E-state index contributed by atoms with van der Waals surface area (Å²) in [6.45, 7) is 4.01. The Morgan fingerprint density at radius 2 is 2.00 bits per heavy atom. The van der Waals surface area contributed by atoms with Gasteiger partial charge >= 0.3 is 0 Å². The van der Waals surface area contributed by atoms with Gasteiger partial charge in [-0.2, -0.15) is 0 Å². The van der Waals surface area contributed by atoms with Gasteiger partial charge in [-0.25, -0.2) is 0 Å². The summed E-state index contributed by atoms with van der Waals surface area (Å²) in [5, 5.41) is 18.2. The molecule has 0 bridgehead atoms. The first-order valence-electron chi connectivity index (χ1n) is 4.90. The predicted molar refractivity (Wildman–Crippen MR) is 58.8 cm³/mol. The molecule has 1 atom stereocenters. The van der Waals surface area contributed by atoms with Gasteiger partial charge in [-0.3, -0.25) is 0 Å². The lowest BCUT2D eigenvalue weighted by Gasteiger charge is -2.10. The molecule has 0 amide bonds. The zero-order valence-corrected chi connectivity index (χ0v) is 8.60. The van der Waals surface area contributed by atoms with Gasteiger partial charge in [0.05, 0.1) is 6.10 Å². The van der Waals surface area contributed by atoms with Gasteiger partial charge in [-0.15, -0.1) is 0 Å². The third-order valence-electron chi connectivity index (χ3n) is 2.04. The van der Waals surface area contributed by atoms with Crippen LogP contribution in [0.1, 0.15) is 18.1 Å². The molecule has 15 heavy (non-hydrogen) atoms. The summed E-state index contributed by atoms with van der Waals surface area (Å²) in [4.78, 5) is 0. The third kappa shape index (κ3) is 3.73. The standard InChI is InChI=1S/C12H16O3/c1-2-9-15-11-5-3-10(4-6-11)12(14)7-8-13/h2-6,12-14H,1,7-9H2. The minimum Gasteiger partial charge on any atom is -0.490 e. The van der Waals surface area contributed by atoms with Crippen molar-refractivity contribution in [3.63, 3.8) is 0 Å². The molecule has 0 aliphatic rings. The summed E-state index contributed by atoms with van der Waals surface area (Å²) in [5.74, 6) is 0.745. The number of hydrogen-bond acceptors (Lipinski definition) is 3. The number of benzene rings is 1. The van der Waals surface area contributed by atoms with Crippen molar-refractivity contribution in [2.45, 2.75) is 12.5 Å². The second-order valence-electron chi connectivity index (χ2n) is 3.20. The van der Waals surface area contributed by atoms with E-state index in [0.717, 1.165) is 11.3 Å². The highest BCUT2D eigenvalue weighted by molar-refractivity contribution is 5.28. The molecule has 1 aromatic rings. The van der Waals surface area contributed by atoms with Crippen LogP contribution in [0.2, 0.25) is 0 Å². The zero-order chi connectivity index (χ0) is 11.1. The van der Waals surface area contributed by atoms with Crippen molar-refractivity contribution >= 4 is 0 Å². The van der Waals surface area contributed by atoms with E-state index >= 15 is 0 Å². The van der Waals surface area contributed by atoms with Crippen LogP contribution in [0.5, 0.6) is 5.75 Å². The summed E-state index contributed by atoms with van der Waals surface area (Å²) in [6, 6.07) is 7.16. The first-order valence-corrected chi connectivity index (χ1v) is 4.90. The van der Waals surface area contributed by atoms with Crippen molar-refractivity contribution in [1.82, 2.24) is 0 Å². The molecule has 1 rings (SSSR count). The molecule has 0 saturated carbocycles. The lowest BCUT2D eigenvalue weighted by atomic mass is 10.1. The monoisotopic (exact) mass is 208 g/mol. The van der Waals surface area contributed by atoms with Crippen LogP contribution in [0, 0.1) is 0 Å². The Kier molecular flexibility index (Phi) is 4.87. The van der Waals surface area contributed by atoms with Gasteiger partial charge in [0.25, 0.3) is 0 Å². The smallest absolute Gasteiger partial charge is 0.119 e. The molecule has 3 nitrogen and oxygen atoms in total. The Bertz CT molecular complexity index is 292. The lowest BCUT2D eigenvalue weighted by molar-refractivity contribution is 0.134. The molecule has 0 spiro atoms. The van der Waals surface area contributed by atoms with Gasteiger partial charge in [-0.05, 0) is 17.7 Å². The SMILES string of the molecule is C=CCOc1ccc(C(O)CCO)cc1. The first kappa shape index (κ1) is 11.8. The van der Waals surface area contributed by atoms with Crippen LogP contribution in [0.15, 0.2) is 36.9 Å². The van der Waals surface area contributed by atoms with E-state index in [0.29, 0.717) is 13.0 Å². The molecule has 0 fully saturated rings. The van der Waals surface area contributed by atoms with Crippen molar-refractivity contribution in [3.05, 3.63) is 42.5 Å². The molecular formula is C12H16O3. The number of hydrogen-bond donors (Lipinski definition) is 2. The summed E-state index contributed by atoms with van der Waals surface area (Å²) in [5.41, 5.74) is 0.787. The molecule has 0 aliphatic carbocycles. The van der Waals surface area contributed by atoms with Crippen molar-refractivity contribution in [2.75, 3.05) is 13.2 Å². The number of aliphatic hydroxyl groups excluding tert-OH is 2. The van der Waals surface area contributed by atoms with Crippen LogP contribution < -0.4 is 4.74 Å². The van der Waals surface area contributed by atoms with Crippen LogP contribution in [0.3, 0.4) is 0 Å². The summed E-state index contributed by atoms with van der Waals surface area (Å²) in [6.07, 6.45) is 1.42. The average Bonchev–Trinajstić information content (AvgIpc) is 2.27. The molecule has 1 unspecified atom stereocenters. The van der Waals surface area contributed by atoms with Gasteiger partial charge in [0.2, 0.25) is 0 Å². The molecule has 0 saturated heterocycles. The van der Waals surface area contributed by atoms with Crippen LogP contribution in [-0.2, 0) is 0 Å². The maximum absolute atomic E-state index is 9.57. The highest BCUT2D eigenvalue weighted by atomic mass is 16.5. The van der Waals surface area contributed by atoms with E-state index in [1.54, 1.807) is 30.3 Å². The molecule has 3 heteroatoms. The Labute approximate surface area is 89.6 Å². The van der Waals surface area contributed by atoms with E-state index in [2.05, 4.69) is 6.58 Å². The van der Waals surface area contributed by atoms with Gasteiger partial charge in [0.15, 0.2) is 0 Å². The highest BCUT2D eigenvalue weighted by Crippen LogP contribution is 2.19. The van der Waals surface area contributed by atoms with Crippen molar-refractivity contribution < 1.29 is 14.9 Å². The quantitative estimate of drug-likeness (QED) is 0.699. The maximum atomic E-state index is 9.57. The predicted octanol–water partition coefficient (Wildman–Crippen LogP) is 1.67. The second-order valence-corrected chi connectivity index (χ2v) is 3.20. The van der Waals surface area contributed by atoms with Gasteiger partial charge < -0.3 is 14.9 Å². The van der Waals surface area contributed by atoms with Crippen molar-refractivity contribution in [2.24, 2.45) is 0 Å². The first-order chi connectivity index (χ1) is 7.27. The van der Waals surface area contributed by atoms with E-state index in [1.807, 2.05) is 0 Å². The van der Waals surface area contributed by atoms with E-state index < -0.39 is 6.10 Å². The Morgan fingerprint density at radius 3 is 2.53 bits per heavy atom. The molecule has 0 aliphatic heterocycles. The van der Waals surface area contributed by atoms with Crippen molar-refractivity contribution in [3.8, 4) is 5.75 Å². The minimum absolute atomic E-state index is 0.0180. The largest absolute Gasteiger partial charge is 0.490 e. The van der Waals surface area contributed by atoms with Gasteiger partial charge in [0, 0.05) is 13.0 Å². The maximum Gasteiger partial charge on any atom is 0.119 e. The molecule has 2 N–H and O–H groups in total. The highest BCUT2D eigenvalue weighted by Gasteiger charge is 2.05. The van der Waals surface area contributed by atoms with Crippen LogP contribution in [-0.4, -0.2) is 23.4 Å². The van der Waals surface area contributed by atoms with Crippen LogP contribution >= 0.6 is 0 Å². The van der Waals surface area contributed by atoms with Crippen LogP contribution in [0.25, 0.3) is 0 Å². The van der Waals surface area contributed by atoms with Crippen LogP contribution in [0.4, 0.5) is 0 Å². The molecule has 0 radical (unpaired) electrons. The fraction of sp³-hybridized carbons (Fsp3) is 0.333. The summed E-state index contributed by atoms with van der Waals surface area (Å²) < 4.78 is 5.30. The molecular weight excluding hydrogens is 192 g/mol. The topological polar surface area (TPSA) is 49.7 Å². The normalized spacial score (nSPS) is 12.1.